The van der Waals surface area contributed by atoms with Gasteiger partial charge in [0, 0.05) is 39.6 Å². The number of rotatable bonds is 22. The Hall–Kier alpha value is -4.37. The first kappa shape index (κ1) is 44.0. The Bertz CT molecular complexity index is 1530. The zero-order chi connectivity index (χ0) is 40.0. The van der Waals surface area contributed by atoms with Crippen molar-refractivity contribution in [2.45, 2.75) is 79.4 Å². The standard InChI is InChI=1S/C39H61N5O10/c1-25(2)28(17-27-11-12-32(50-9)34(18-27)51-14-10-13-49-8)19-30-33(20-29(26(3)4)35(45)42-22-39(5,6)37(40)47)54-24-44(30)38(48)53-16-15-52-36(46)31-21-41-23-43(31)7/h11-12,18,21,23,25-26,28-30,33H,10,13-17,19-20,22,24H2,1-9H3,(H2,40,47)(H,42,45)/t28-,29-,30-,33-/m0/s1. The molecular weight excluding hydrogens is 698 g/mol. The van der Waals surface area contributed by atoms with Crippen LogP contribution in [-0.4, -0.2) is 104 Å². The number of esters is 1. The number of amides is 3. The van der Waals surface area contributed by atoms with Gasteiger partial charge in [0.25, 0.3) is 0 Å². The Balaban J connectivity index is 1.81. The summed E-state index contributed by atoms with van der Waals surface area (Å²) in [5.41, 5.74) is 5.96. The average molecular weight is 760 g/mol. The fourth-order valence-electron chi connectivity index (χ4n) is 6.26. The van der Waals surface area contributed by atoms with Crippen molar-refractivity contribution in [2.75, 3.05) is 53.9 Å². The van der Waals surface area contributed by atoms with E-state index in [-0.39, 0.29) is 55.8 Å². The van der Waals surface area contributed by atoms with Crippen LogP contribution in [0.3, 0.4) is 0 Å². The topological polar surface area (TPSA) is 183 Å². The molecule has 1 aliphatic rings. The van der Waals surface area contributed by atoms with Gasteiger partial charge in [-0.15, -0.1) is 0 Å². The van der Waals surface area contributed by atoms with Crippen LogP contribution in [0.1, 0.15) is 76.9 Å². The van der Waals surface area contributed by atoms with Gasteiger partial charge in [-0.1, -0.05) is 33.8 Å². The number of imidazole rings is 1. The average Bonchev–Trinajstić information content (AvgIpc) is 3.74. The first-order chi connectivity index (χ1) is 25.6. The molecule has 0 unspecified atom stereocenters. The Kier molecular flexibility index (Phi) is 17.1. The molecule has 1 aromatic carbocycles. The van der Waals surface area contributed by atoms with Crippen molar-refractivity contribution >= 4 is 23.9 Å². The van der Waals surface area contributed by atoms with Crippen LogP contribution < -0.4 is 20.5 Å². The molecule has 0 radical (unpaired) electrons. The maximum Gasteiger partial charge on any atom is 0.412 e. The van der Waals surface area contributed by atoms with E-state index in [2.05, 4.69) is 24.1 Å². The van der Waals surface area contributed by atoms with Gasteiger partial charge in [-0.3, -0.25) is 14.5 Å². The van der Waals surface area contributed by atoms with Gasteiger partial charge in [-0.25, -0.2) is 14.6 Å². The number of benzene rings is 1. The number of hydrogen-bond donors (Lipinski definition) is 2. The number of aryl methyl sites for hydroxylation is 1. The number of nitrogens with two attached hydrogens (primary N) is 1. The van der Waals surface area contributed by atoms with Gasteiger partial charge in [-0.05, 0) is 68.6 Å². The van der Waals surface area contributed by atoms with Crippen LogP contribution >= 0.6 is 0 Å². The van der Waals surface area contributed by atoms with E-state index in [1.54, 1.807) is 40.0 Å². The molecule has 0 saturated carbocycles. The molecule has 1 saturated heterocycles. The number of primary amides is 1. The molecule has 0 aliphatic carbocycles. The van der Waals surface area contributed by atoms with Gasteiger partial charge in [0.1, 0.15) is 25.6 Å². The van der Waals surface area contributed by atoms with Gasteiger partial charge >= 0.3 is 12.1 Å². The summed E-state index contributed by atoms with van der Waals surface area (Å²) in [5, 5.41) is 2.92. The van der Waals surface area contributed by atoms with Crippen LogP contribution in [0, 0.1) is 29.1 Å². The zero-order valence-electron chi connectivity index (χ0n) is 33.4. The molecule has 15 heteroatoms. The minimum atomic E-state index is -0.920. The molecule has 15 nitrogen and oxygen atoms in total. The number of carbonyl (C=O) groups excluding carboxylic acids is 4. The maximum atomic E-state index is 13.6. The highest BCUT2D eigenvalue weighted by atomic mass is 16.6. The third-order valence-electron chi connectivity index (χ3n) is 10.0. The Labute approximate surface area is 319 Å². The van der Waals surface area contributed by atoms with E-state index in [0.717, 1.165) is 12.0 Å². The number of aromatic nitrogens is 2. The third kappa shape index (κ3) is 12.6. The Morgan fingerprint density at radius 1 is 1.00 bits per heavy atom. The van der Waals surface area contributed by atoms with E-state index in [0.29, 0.717) is 44.0 Å². The van der Waals surface area contributed by atoms with Gasteiger partial charge < -0.3 is 44.0 Å². The maximum absolute atomic E-state index is 13.6. The first-order valence-electron chi connectivity index (χ1n) is 18.6. The molecule has 4 atom stereocenters. The summed E-state index contributed by atoms with van der Waals surface area (Å²) in [6.07, 6.45) is 4.12. The summed E-state index contributed by atoms with van der Waals surface area (Å²) in [5.74, 6) is -0.249. The summed E-state index contributed by atoms with van der Waals surface area (Å²) in [6.45, 7) is 12.4. The van der Waals surface area contributed by atoms with E-state index in [1.165, 1.54) is 17.1 Å². The van der Waals surface area contributed by atoms with E-state index < -0.39 is 41.4 Å². The lowest BCUT2D eigenvalue weighted by atomic mass is 9.80. The number of nitrogens with zero attached hydrogens (tertiary/aromatic N) is 3. The summed E-state index contributed by atoms with van der Waals surface area (Å²) >= 11 is 0. The van der Waals surface area contributed by atoms with Crippen molar-refractivity contribution in [3.05, 3.63) is 42.0 Å². The second kappa shape index (κ2) is 20.9. The van der Waals surface area contributed by atoms with Gasteiger partial charge in [0.05, 0.1) is 43.8 Å². The monoisotopic (exact) mass is 759 g/mol. The molecule has 3 amide bonds. The molecule has 3 rings (SSSR count). The Morgan fingerprint density at radius 3 is 2.33 bits per heavy atom. The largest absolute Gasteiger partial charge is 0.493 e. The van der Waals surface area contributed by atoms with Crippen LogP contribution in [0.4, 0.5) is 4.79 Å². The first-order valence-corrected chi connectivity index (χ1v) is 18.6. The highest BCUT2D eigenvalue weighted by Crippen LogP contribution is 2.36. The molecule has 54 heavy (non-hydrogen) atoms. The van der Waals surface area contributed by atoms with Crippen molar-refractivity contribution in [3.63, 3.8) is 0 Å². The van der Waals surface area contributed by atoms with Crippen LogP contribution in [0.15, 0.2) is 30.7 Å². The predicted octanol–water partition coefficient (Wildman–Crippen LogP) is 4.36. The molecule has 1 aromatic heterocycles. The van der Waals surface area contributed by atoms with Gasteiger partial charge in [0.15, 0.2) is 11.5 Å². The highest BCUT2D eigenvalue weighted by molar-refractivity contribution is 5.87. The van der Waals surface area contributed by atoms with Crippen LogP contribution in [0.5, 0.6) is 11.5 Å². The lowest BCUT2D eigenvalue weighted by Crippen LogP contribution is -2.47. The second-order valence-electron chi connectivity index (χ2n) is 15.2. The zero-order valence-corrected chi connectivity index (χ0v) is 33.4. The fourth-order valence-corrected chi connectivity index (χ4v) is 6.26. The van der Waals surface area contributed by atoms with E-state index in [9.17, 15) is 19.2 Å². The number of hydrogen-bond acceptors (Lipinski definition) is 11. The van der Waals surface area contributed by atoms with Crippen molar-refractivity contribution in [2.24, 2.45) is 41.9 Å². The van der Waals surface area contributed by atoms with Gasteiger partial charge in [0.2, 0.25) is 11.8 Å². The number of methoxy groups -OCH3 is 2. The highest BCUT2D eigenvalue weighted by Gasteiger charge is 2.43. The van der Waals surface area contributed by atoms with Crippen molar-refractivity contribution in [1.82, 2.24) is 19.8 Å². The fraction of sp³-hybridized carbons (Fsp3) is 0.667. The van der Waals surface area contributed by atoms with Crippen LogP contribution in [0.2, 0.25) is 0 Å². The van der Waals surface area contributed by atoms with Crippen molar-refractivity contribution in [1.29, 1.82) is 0 Å². The SMILES string of the molecule is COCCCOc1cc(C[C@@H](C[C@H]2[C@H](C[C@H](C(=O)NCC(C)(C)C(N)=O)C(C)C)OCN2C(=O)OCCOC(=O)c2cncn2C)C(C)C)ccc1OC. The normalized spacial score (nSPS) is 17.0. The van der Waals surface area contributed by atoms with E-state index in [1.807, 2.05) is 32.0 Å². The predicted molar refractivity (Wildman–Crippen MR) is 201 cm³/mol. The van der Waals surface area contributed by atoms with E-state index in [4.69, 9.17) is 34.2 Å². The molecule has 2 aromatic rings. The molecule has 1 fully saturated rings. The molecule has 302 valence electrons. The molecule has 0 bridgehead atoms. The number of ether oxygens (including phenoxy) is 6. The van der Waals surface area contributed by atoms with Crippen molar-refractivity contribution < 1.29 is 47.6 Å². The molecule has 0 spiro atoms. The smallest absolute Gasteiger partial charge is 0.412 e. The summed E-state index contributed by atoms with van der Waals surface area (Å²) in [4.78, 5) is 57.0. The molecule has 1 aliphatic heterocycles. The molecule has 2 heterocycles. The Morgan fingerprint density at radius 2 is 1.72 bits per heavy atom. The summed E-state index contributed by atoms with van der Waals surface area (Å²) < 4.78 is 35.5. The molecular formula is C39H61N5O10. The number of carbonyl (C=O) groups is 4. The minimum Gasteiger partial charge on any atom is -0.493 e. The molecule has 3 N–H and O–H groups in total. The lowest BCUT2D eigenvalue weighted by molar-refractivity contribution is -0.130. The lowest BCUT2D eigenvalue weighted by Gasteiger charge is -2.33. The number of nitrogens with one attached hydrogen (secondary N) is 1. The quantitative estimate of drug-likeness (QED) is 0.129. The van der Waals surface area contributed by atoms with Gasteiger partial charge in [-0.2, -0.15) is 0 Å². The van der Waals surface area contributed by atoms with Crippen molar-refractivity contribution in [3.8, 4) is 11.5 Å². The summed E-state index contributed by atoms with van der Waals surface area (Å²) in [7, 11) is 4.94. The second-order valence-corrected chi connectivity index (χ2v) is 15.2. The summed E-state index contributed by atoms with van der Waals surface area (Å²) in [6, 6.07) is 5.48. The third-order valence-corrected chi connectivity index (χ3v) is 10.0. The van der Waals surface area contributed by atoms with Crippen LogP contribution in [0.25, 0.3) is 0 Å². The van der Waals surface area contributed by atoms with Crippen LogP contribution in [-0.2, 0) is 42.0 Å². The van der Waals surface area contributed by atoms with E-state index >= 15 is 0 Å². The minimum absolute atomic E-state index is 0.0308.